The van der Waals surface area contributed by atoms with E-state index in [0.717, 1.165) is 51.3 Å². The van der Waals surface area contributed by atoms with Gasteiger partial charge in [0.15, 0.2) is 23.5 Å². The number of nitrogens with zero attached hydrogens (tertiary/aromatic N) is 5. The summed E-state index contributed by atoms with van der Waals surface area (Å²) in [5, 5.41) is 11.8. The Morgan fingerprint density at radius 3 is 2.22 bits per heavy atom. The third kappa shape index (κ3) is 5.32. The fraction of sp³-hybridized carbons (Fsp3) is 0.184. The molecule has 0 spiro atoms. The number of anilines is 1. The molecule has 7 rings (SSSR count). The molecule has 1 aromatic heterocycles. The predicted octanol–water partition coefficient (Wildman–Crippen LogP) is 7.15. The first kappa shape index (κ1) is 29.1. The predicted molar refractivity (Wildman–Crippen MR) is 182 cm³/mol. The molecule has 3 heterocycles. The van der Waals surface area contributed by atoms with E-state index >= 15 is 0 Å². The van der Waals surface area contributed by atoms with Crippen LogP contribution in [0, 0.1) is 13.8 Å². The molecule has 0 radical (unpaired) electrons. The molecule has 0 saturated carbocycles. The molecule has 2 aliphatic heterocycles. The molecule has 230 valence electrons. The molecular formula is C38H35N5O3. The van der Waals surface area contributed by atoms with Crippen molar-refractivity contribution in [1.29, 1.82) is 0 Å². The molecule has 1 atom stereocenters. The number of hydrogen-bond acceptors (Lipinski definition) is 7. The van der Waals surface area contributed by atoms with Gasteiger partial charge in [-0.3, -0.25) is 4.79 Å². The van der Waals surface area contributed by atoms with Gasteiger partial charge in [0, 0.05) is 29.4 Å². The highest BCUT2D eigenvalue weighted by atomic mass is 16.5. The number of para-hydroxylation sites is 1. The Hall–Kier alpha value is -5.63. The summed E-state index contributed by atoms with van der Waals surface area (Å²) < 4.78 is 13.1. The Bertz CT molecular complexity index is 1960. The van der Waals surface area contributed by atoms with Crippen LogP contribution in [-0.4, -0.2) is 47.1 Å². The van der Waals surface area contributed by atoms with Crippen LogP contribution < -0.4 is 14.5 Å². The van der Waals surface area contributed by atoms with Crippen molar-refractivity contribution in [2.75, 3.05) is 25.8 Å². The topological polar surface area (TPSA) is 72.2 Å². The quantitative estimate of drug-likeness (QED) is 0.174. The lowest BCUT2D eigenvalue weighted by atomic mass is 9.95. The zero-order chi connectivity index (χ0) is 31.8. The number of carbonyl (C=O) groups is 1. The third-order valence-electron chi connectivity index (χ3n) is 8.57. The molecule has 8 nitrogen and oxygen atoms in total. The lowest BCUT2D eigenvalue weighted by Gasteiger charge is -2.37. The van der Waals surface area contributed by atoms with Crippen LogP contribution in [0.4, 0.5) is 5.69 Å². The van der Waals surface area contributed by atoms with E-state index in [1.165, 1.54) is 5.56 Å². The Balaban J connectivity index is 1.27. The highest BCUT2D eigenvalue weighted by molar-refractivity contribution is 6.44. The van der Waals surface area contributed by atoms with Crippen molar-refractivity contribution >= 4 is 23.4 Å². The van der Waals surface area contributed by atoms with Crippen molar-refractivity contribution in [1.82, 2.24) is 14.7 Å². The maximum absolute atomic E-state index is 14.1. The van der Waals surface area contributed by atoms with Gasteiger partial charge in [-0.05, 0) is 74.4 Å². The second-order valence-electron chi connectivity index (χ2n) is 11.6. The number of methoxy groups -OCH3 is 2. The first-order chi connectivity index (χ1) is 22.4. The first-order valence-corrected chi connectivity index (χ1v) is 15.3. The van der Waals surface area contributed by atoms with Gasteiger partial charge < -0.3 is 14.4 Å². The van der Waals surface area contributed by atoms with E-state index < -0.39 is 0 Å². The number of ketones is 1. The molecule has 0 aliphatic carbocycles. The maximum atomic E-state index is 14.1. The van der Waals surface area contributed by atoms with Crippen molar-refractivity contribution in [3.05, 3.63) is 131 Å². The molecule has 5 aromatic rings. The maximum Gasteiger partial charge on any atom is 0.222 e. The van der Waals surface area contributed by atoms with E-state index in [0.29, 0.717) is 23.9 Å². The minimum absolute atomic E-state index is 0.175. The van der Waals surface area contributed by atoms with E-state index in [1.54, 1.807) is 20.3 Å². The summed E-state index contributed by atoms with van der Waals surface area (Å²) in [7, 11) is 3.28. The number of fused-ring (bicyclic) bond motifs is 3. The van der Waals surface area contributed by atoms with Gasteiger partial charge in [0.1, 0.15) is 0 Å². The van der Waals surface area contributed by atoms with Gasteiger partial charge in [-0.2, -0.15) is 5.10 Å². The van der Waals surface area contributed by atoms with Crippen LogP contribution >= 0.6 is 0 Å². The highest BCUT2D eigenvalue weighted by Gasteiger charge is 2.42. The minimum Gasteiger partial charge on any atom is -0.493 e. The number of ether oxygens (including phenoxy) is 2. The summed E-state index contributed by atoms with van der Waals surface area (Å²) in [5.41, 5.74) is 8.97. The first-order valence-electron chi connectivity index (χ1n) is 15.3. The second kappa shape index (κ2) is 12.0. The second-order valence-corrected chi connectivity index (χ2v) is 11.6. The van der Waals surface area contributed by atoms with Gasteiger partial charge in [0.05, 0.1) is 31.3 Å². The minimum atomic E-state index is -0.303. The molecule has 1 unspecified atom stereocenters. The van der Waals surface area contributed by atoms with Crippen LogP contribution in [0.5, 0.6) is 11.5 Å². The van der Waals surface area contributed by atoms with Crippen molar-refractivity contribution in [3.63, 3.8) is 0 Å². The summed E-state index contributed by atoms with van der Waals surface area (Å²) in [6.45, 7) is 4.75. The van der Waals surface area contributed by atoms with E-state index in [-0.39, 0.29) is 11.9 Å². The fourth-order valence-electron chi connectivity index (χ4n) is 6.11. The van der Waals surface area contributed by atoms with E-state index in [4.69, 9.17) is 19.7 Å². The SMILES string of the molecule is COc1cc2c(cc1OC)C1N(CC2)C(C(=O)/C=C/c2cn(-c3ccccc3)nc2-c2ccc(C)cc2)=NN1c1ccc(C)cc1. The average molecular weight is 610 g/mol. The van der Waals surface area contributed by atoms with Gasteiger partial charge in [-0.25, -0.2) is 9.69 Å². The number of rotatable bonds is 8. The molecule has 0 N–H and O–H groups in total. The Morgan fingerprint density at radius 2 is 1.52 bits per heavy atom. The molecule has 0 bridgehead atoms. The summed E-state index contributed by atoms with van der Waals surface area (Å²) >= 11 is 0. The highest BCUT2D eigenvalue weighted by Crippen LogP contribution is 2.44. The molecule has 2 aliphatic rings. The summed E-state index contributed by atoms with van der Waals surface area (Å²) in [5.74, 6) is 1.56. The van der Waals surface area contributed by atoms with E-state index in [9.17, 15) is 4.79 Å². The zero-order valence-corrected chi connectivity index (χ0v) is 26.3. The Kier molecular flexibility index (Phi) is 7.62. The normalized spacial score (nSPS) is 15.5. The molecule has 8 heteroatoms. The molecule has 0 saturated heterocycles. The fourth-order valence-corrected chi connectivity index (χ4v) is 6.11. The number of benzene rings is 4. The Labute approximate surface area is 268 Å². The molecule has 46 heavy (non-hydrogen) atoms. The van der Waals surface area contributed by atoms with Gasteiger partial charge in [0.2, 0.25) is 5.78 Å². The summed E-state index contributed by atoms with van der Waals surface area (Å²) in [6.07, 6.45) is 5.86. The van der Waals surface area contributed by atoms with Crippen molar-refractivity contribution in [2.45, 2.75) is 26.4 Å². The van der Waals surface area contributed by atoms with Crippen LogP contribution in [0.3, 0.4) is 0 Å². The van der Waals surface area contributed by atoms with Gasteiger partial charge in [-0.1, -0.05) is 65.7 Å². The van der Waals surface area contributed by atoms with Gasteiger partial charge in [0.25, 0.3) is 0 Å². The molecular weight excluding hydrogens is 574 g/mol. The smallest absolute Gasteiger partial charge is 0.222 e. The summed E-state index contributed by atoms with van der Waals surface area (Å²) in [6, 6.07) is 30.5. The van der Waals surface area contributed by atoms with Crippen LogP contribution in [-0.2, 0) is 11.2 Å². The van der Waals surface area contributed by atoms with Crippen molar-refractivity contribution in [3.8, 4) is 28.4 Å². The Morgan fingerprint density at radius 1 is 0.848 bits per heavy atom. The van der Waals surface area contributed by atoms with Gasteiger partial charge >= 0.3 is 0 Å². The van der Waals surface area contributed by atoms with Gasteiger partial charge in [-0.15, -0.1) is 5.10 Å². The largest absolute Gasteiger partial charge is 0.493 e. The van der Waals surface area contributed by atoms with E-state index in [1.807, 2.05) is 76.6 Å². The number of carbonyl (C=O) groups excluding carboxylic acids is 1. The summed E-state index contributed by atoms with van der Waals surface area (Å²) in [4.78, 5) is 16.1. The van der Waals surface area contributed by atoms with Crippen LogP contribution in [0.2, 0.25) is 0 Å². The number of amidine groups is 1. The molecule has 4 aromatic carbocycles. The monoisotopic (exact) mass is 609 g/mol. The molecule has 0 amide bonds. The van der Waals surface area contributed by atoms with Crippen LogP contribution in [0.1, 0.15) is 34.0 Å². The number of aryl methyl sites for hydroxylation is 2. The molecule has 0 fully saturated rings. The lowest BCUT2D eigenvalue weighted by molar-refractivity contribution is -0.109. The van der Waals surface area contributed by atoms with Crippen LogP contribution in [0.15, 0.2) is 108 Å². The standard InChI is InChI=1S/C38H35N5O3/c1-25-10-14-27(15-11-25)36-29(24-42(39-36)30-8-6-5-7-9-30)16-19-33(44)37-40-43(31-17-12-26(2)13-18-31)38-32-23-35(46-4)34(45-3)22-28(32)20-21-41(37)38/h5-19,22-24,38H,20-21H2,1-4H3/b19-16+. The van der Waals surface area contributed by atoms with Crippen molar-refractivity contribution < 1.29 is 14.3 Å². The number of hydrazone groups is 1. The number of aromatic nitrogens is 2. The average Bonchev–Trinajstić information content (AvgIpc) is 3.70. The van der Waals surface area contributed by atoms with Crippen LogP contribution in [0.25, 0.3) is 23.0 Å². The third-order valence-corrected chi connectivity index (χ3v) is 8.57. The van der Waals surface area contributed by atoms with E-state index in [2.05, 4.69) is 55.1 Å². The zero-order valence-electron chi connectivity index (χ0n) is 26.3. The lowest BCUT2D eigenvalue weighted by Crippen LogP contribution is -2.42. The number of hydrogen-bond donors (Lipinski definition) is 0. The van der Waals surface area contributed by atoms with Crippen molar-refractivity contribution in [2.24, 2.45) is 5.10 Å².